The Balaban J connectivity index is 2.88. The first kappa shape index (κ1) is 9.97. The van der Waals surface area contributed by atoms with Gasteiger partial charge in [0.2, 0.25) is 0 Å². The quantitative estimate of drug-likeness (QED) is 0.515. The van der Waals surface area contributed by atoms with Gasteiger partial charge in [-0.1, -0.05) is 32.0 Å². The van der Waals surface area contributed by atoms with Gasteiger partial charge in [-0.15, -0.1) is 0 Å². The maximum atomic E-state index is 11.7. The zero-order chi connectivity index (χ0) is 11.0. The molecule has 0 N–H and O–H groups in total. The molecule has 2 nitrogen and oxygen atoms in total. The van der Waals surface area contributed by atoms with E-state index in [1.807, 2.05) is 25.1 Å². The largest absolute Gasteiger partial charge is 0.618 e. The lowest BCUT2D eigenvalue weighted by molar-refractivity contribution is -0.611. The lowest BCUT2D eigenvalue weighted by Gasteiger charge is -2.11. The Hall–Kier alpha value is -1.57. The van der Waals surface area contributed by atoms with Crippen LogP contribution in [0.1, 0.15) is 31.0 Å². The van der Waals surface area contributed by atoms with Gasteiger partial charge >= 0.3 is 0 Å². The summed E-state index contributed by atoms with van der Waals surface area (Å²) < 4.78 is 0.970. The van der Waals surface area contributed by atoms with Crippen LogP contribution >= 0.6 is 0 Å². The maximum absolute atomic E-state index is 11.7. The topological polar surface area (TPSA) is 26.9 Å². The van der Waals surface area contributed by atoms with E-state index in [1.54, 1.807) is 6.20 Å². The number of rotatable bonds is 1. The molecule has 0 spiro atoms. The fourth-order valence-corrected chi connectivity index (χ4v) is 1.92. The van der Waals surface area contributed by atoms with Gasteiger partial charge in [-0.05, 0) is 17.4 Å². The van der Waals surface area contributed by atoms with Crippen LogP contribution in [0, 0.1) is 12.1 Å². The molecule has 0 aliphatic carbocycles. The van der Waals surface area contributed by atoms with Crippen LogP contribution in [-0.4, -0.2) is 0 Å². The number of aromatic nitrogens is 1. The zero-order valence-electron chi connectivity index (χ0n) is 9.32. The van der Waals surface area contributed by atoms with E-state index < -0.39 is 0 Å². The first-order chi connectivity index (χ1) is 7.11. The van der Waals surface area contributed by atoms with Crippen LogP contribution in [0.3, 0.4) is 0 Å². The Labute approximate surface area is 89.8 Å². The van der Waals surface area contributed by atoms with Crippen molar-refractivity contribution in [2.45, 2.75) is 26.7 Å². The molecule has 2 rings (SSSR count). The molecule has 0 saturated heterocycles. The van der Waals surface area contributed by atoms with Crippen LogP contribution in [0.25, 0.3) is 10.8 Å². The minimum atomic E-state index is 0.371. The number of benzene rings is 1. The van der Waals surface area contributed by atoms with E-state index in [-0.39, 0.29) is 0 Å². The van der Waals surface area contributed by atoms with Crippen LogP contribution in [0.2, 0.25) is 0 Å². The maximum Gasteiger partial charge on any atom is 0.197 e. The molecule has 0 unspecified atom stereocenters. The summed E-state index contributed by atoms with van der Waals surface area (Å²) in [6, 6.07) is 8.07. The molecule has 0 amide bonds. The van der Waals surface area contributed by atoms with Gasteiger partial charge in [0.1, 0.15) is 0 Å². The Kier molecular flexibility index (Phi) is 2.35. The Bertz CT molecular complexity index is 503. The number of hydrogen-bond acceptors (Lipinski definition) is 1. The van der Waals surface area contributed by atoms with Crippen molar-refractivity contribution in [2.24, 2.45) is 0 Å². The molecular weight excluding hydrogens is 186 g/mol. The van der Waals surface area contributed by atoms with Gasteiger partial charge in [-0.25, -0.2) is 0 Å². The first-order valence-corrected chi connectivity index (χ1v) is 5.22. The predicted molar refractivity (Wildman–Crippen MR) is 61.7 cm³/mol. The molecule has 78 valence electrons. The van der Waals surface area contributed by atoms with Crippen LogP contribution in [-0.2, 0) is 0 Å². The van der Waals surface area contributed by atoms with Gasteiger partial charge in [-0.3, -0.25) is 0 Å². The zero-order valence-corrected chi connectivity index (χ0v) is 9.32. The van der Waals surface area contributed by atoms with Gasteiger partial charge in [0.05, 0.1) is 5.39 Å². The van der Waals surface area contributed by atoms with E-state index in [1.165, 1.54) is 5.39 Å². The second-order valence-corrected chi connectivity index (χ2v) is 4.20. The minimum Gasteiger partial charge on any atom is -0.618 e. The molecule has 0 atom stereocenters. The molecule has 2 aromatic rings. The summed E-state index contributed by atoms with van der Waals surface area (Å²) in [7, 11) is 0. The van der Waals surface area contributed by atoms with Gasteiger partial charge in [0, 0.05) is 12.5 Å². The highest BCUT2D eigenvalue weighted by molar-refractivity contribution is 5.86. The third-order valence-corrected chi connectivity index (χ3v) is 2.84. The summed E-state index contributed by atoms with van der Waals surface area (Å²) in [5.74, 6) is 0.371. The number of fused-ring (bicyclic) bond motifs is 1. The van der Waals surface area contributed by atoms with Crippen LogP contribution in [0.15, 0.2) is 30.5 Å². The molecule has 1 aromatic carbocycles. The van der Waals surface area contributed by atoms with Gasteiger partial charge in [-0.2, -0.15) is 4.73 Å². The molecule has 0 bridgehead atoms. The minimum absolute atomic E-state index is 0.371. The summed E-state index contributed by atoms with van der Waals surface area (Å²) in [5.41, 5.74) is 1.89. The van der Waals surface area contributed by atoms with Crippen molar-refractivity contribution in [1.29, 1.82) is 0 Å². The van der Waals surface area contributed by atoms with Gasteiger partial charge in [0.25, 0.3) is 0 Å². The second kappa shape index (κ2) is 3.54. The summed E-state index contributed by atoms with van der Waals surface area (Å²) in [6.07, 6.45) is 1.70. The smallest absolute Gasteiger partial charge is 0.197 e. The van der Waals surface area contributed by atoms with E-state index in [9.17, 15) is 5.21 Å². The Morgan fingerprint density at radius 1 is 1.13 bits per heavy atom. The van der Waals surface area contributed by atoms with Crippen LogP contribution < -0.4 is 4.73 Å². The average molecular weight is 201 g/mol. The molecule has 0 aliphatic heterocycles. The van der Waals surface area contributed by atoms with Crippen molar-refractivity contribution in [3.05, 3.63) is 46.9 Å². The van der Waals surface area contributed by atoms with E-state index in [0.717, 1.165) is 21.4 Å². The van der Waals surface area contributed by atoms with Crippen molar-refractivity contribution in [2.75, 3.05) is 0 Å². The third-order valence-electron chi connectivity index (χ3n) is 2.84. The highest BCUT2D eigenvalue weighted by Crippen LogP contribution is 2.24. The lowest BCUT2D eigenvalue weighted by Crippen LogP contribution is -2.30. The summed E-state index contributed by atoms with van der Waals surface area (Å²) in [6.45, 7) is 6.08. The van der Waals surface area contributed by atoms with Crippen molar-refractivity contribution >= 4 is 10.8 Å². The Morgan fingerprint density at radius 2 is 1.73 bits per heavy atom. The molecule has 0 saturated carbocycles. The summed E-state index contributed by atoms with van der Waals surface area (Å²) in [4.78, 5) is 0. The molecular formula is C13H15NO. The SMILES string of the molecule is Cc1c2ccccc2c(C(C)C)c[n+]1[O-]. The van der Waals surface area contributed by atoms with Crippen molar-refractivity contribution in [1.82, 2.24) is 0 Å². The fraction of sp³-hybridized carbons (Fsp3) is 0.308. The second-order valence-electron chi connectivity index (χ2n) is 4.20. The monoisotopic (exact) mass is 201 g/mol. The van der Waals surface area contributed by atoms with Gasteiger partial charge < -0.3 is 5.21 Å². The number of pyridine rings is 1. The van der Waals surface area contributed by atoms with Crippen molar-refractivity contribution in [3.8, 4) is 0 Å². The molecule has 1 heterocycles. The average Bonchev–Trinajstić information content (AvgIpc) is 2.23. The first-order valence-electron chi connectivity index (χ1n) is 5.22. The van der Waals surface area contributed by atoms with E-state index in [4.69, 9.17) is 0 Å². The number of hydrogen-bond donors (Lipinski definition) is 0. The molecule has 15 heavy (non-hydrogen) atoms. The molecule has 0 aliphatic rings. The molecule has 2 heteroatoms. The number of nitrogens with zero attached hydrogens (tertiary/aromatic N) is 1. The van der Waals surface area contributed by atoms with E-state index in [0.29, 0.717) is 5.92 Å². The third kappa shape index (κ3) is 1.56. The highest BCUT2D eigenvalue weighted by Gasteiger charge is 2.13. The fourth-order valence-electron chi connectivity index (χ4n) is 1.92. The van der Waals surface area contributed by atoms with Crippen LogP contribution in [0.5, 0.6) is 0 Å². The Morgan fingerprint density at radius 3 is 2.33 bits per heavy atom. The molecule has 0 fully saturated rings. The number of aryl methyl sites for hydroxylation is 1. The summed E-state index contributed by atoms with van der Waals surface area (Å²) >= 11 is 0. The van der Waals surface area contributed by atoms with E-state index in [2.05, 4.69) is 19.9 Å². The predicted octanol–water partition coefficient (Wildman–Crippen LogP) is 2.91. The van der Waals surface area contributed by atoms with Crippen molar-refractivity contribution in [3.63, 3.8) is 0 Å². The van der Waals surface area contributed by atoms with Crippen LogP contribution in [0.4, 0.5) is 0 Å². The molecule has 1 aromatic heterocycles. The standard InChI is InChI=1S/C13H15NO/c1-9(2)13-8-14(15)10(3)11-6-4-5-7-12(11)13/h4-9H,1-3H3. The van der Waals surface area contributed by atoms with Gasteiger partial charge in [0.15, 0.2) is 11.9 Å². The lowest BCUT2D eigenvalue weighted by atomic mass is 9.97. The van der Waals surface area contributed by atoms with Crippen molar-refractivity contribution < 1.29 is 4.73 Å². The molecule has 0 radical (unpaired) electrons. The normalized spacial score (nSPS) is 11.2. The summed E-state index contributed by atoms with van der Waals surface area (Å²) in [5, 5.41) is 13.9. The highest BCUT2D eigenvalue weighted by atomic mass is 16.5. The van der Waals surface area contributed by atoms with E-state index >= 15 is 0 Å².